The first-order chi connectivity index (χ1) is 15.1. The molecule has 8 heteroatoms. The average Bonchev–Trinajstić information content (AvgIpc) is 2.82. The fraction of sp³-hybridized carbons (Fsp3) is 0.217. The molecular formula is C23H23N7O. The van der Waals surface area contributed by atoms with Crippen LogP contribution in [0.25, 0.3) is 22.2 Å². The van der Waals surface area contributed by atoms with E-state index in [-0.39, 0.29) is 11.8 Å². The predicted molar refractivity (Wildman–Crippen MR) is 120 cm³/mol. The van der Waals surface area contributed by atoms with E-state index in [2.05, 4.69) is 42.5 Å². The van der Waals surface area contributed by atoms with Crippen molar-refractivity contribution in [2.45, 2.75) is 19.8 Å². The van der Waals surface area contributed by atoms with Crippen LogP contribution < -0.4 is 10.6 Å². The van der Waals surface area contributed by atoms with Gasteiger partial charge in [0.2, 0.25) is 0 Å². The summed E-state index contributed by atoms with van der Waals surface area (Å²) in [4.78, 5) is 33.9. The van der Waals surface area contributed by atoms with Crippen LogP contribution in [0.4, 0.5) is 5.82 Å². The maximum atomic E-state index is 12.2. The molecule has 0 spiro atoms. The van der Waals surface area contributed by atoms with Gasteiger partial charge in [-0.05, 0) is 18.6 Å². The molecule has 31 heavy (non-hydrogen) atoms. The summed E-state index contributed by atoms with van der Waals surface area (Å²) in [5, 5.41) is 6.91. The largest absolute Gasteiger partial charge is 0.369 e. The molecule has 0 aliphatic carbocycles. The average molecular weight is 413 g/mol. The molecule has 0 unspecified atom stereocenters. The minimum Gasteiger partial charge on any atom is -0.369 e. The maximum Gasteiger partial charge on any atom is 0.251 e. The highest BCUT2D eigenvalue weighted by atomic mass is 16.1. The molecule has 156 valence electrons. The molecule has 0 aliphatic heterocycles. The van der Waals surface area contributed by atoms with Gasteiger partial charge in [0, 0.05) is 55.1 Å². The number of amides is 1. The number of nitrogens with zero attached hydrogens (tertiary/aromatic N) is 5. The smallest absolute Gasteiger partial charge is 0.251 e. The molecule has 3 aromatic heterocycles. The van der Waals surface area contributed by atoms with Crippen LogP contribution in [0, 0.1) is 6.92 Å². The van der Waals surface area contributed by atoms with Gasteiger partial charge in [-0.3, -0.25) is 9.78 Å². The van der Waals surface area contributed by atoms with E-state index in [9.17, 15) is 4.79 Å². The van der Waals surface area contributed by atoms with Crippen LogP contribution in [0.3, 0.4) is 0 Å². The molecule has 4 aromatic rings. The van der Waals surface area contributed by atoms with Gasteiger partial charge >= 0.3 is 0 Å². The second-order valence-corrected chi connectivity index (χ2v) is 7.27. The first-order valence-electron chi connectivity index (χ1n) is 10.0. The molecule has 0 fully saturated rings. The third-order valence-corrected chi connectivity index (χ3v) is 5.14. The van der Waals surface area contributed by atoms with Gasteiger partial charge in [-0.1, -0.05) is 25.1 Å². The van der Waals surface area contributed by atoms with Crippen molar-refractivity contribution in [1.82, 2.24) is 30.2 Å². The quantitative estimate of drug-likeness (QED) is 0.499. The van der Waals surface area contributed by atoms with Crippen LogP contribution in [0.15, 0.2) is 55.2 Å². The topological polar surface area (TPSA) is 106 Å². The third kappa shape index (κ3) is 4.32. The Bertz CT molecular complexity index is 1220. The van der Waals surface area contributed by atoms with E-state index in [0.717, 1.165) is 33.5 Å². The number of aromatic nitrogens is 5. The van der Waals surface area contributed by atoms with E-state index in [0.29, 0.717) is 17.9 Å². The van der Waals surface area contributed by atoms with Crippen LogP contribution in [0.2, 0.25) is 0 Å². The second-order valence-electron chi connectivity index (χ2n) is 7.27. The summed E-state index contributed by atoms with van der Waals surface area (Å²) in [5.74, 6) is 1.45. The lowest BCUT2D eigenvalue weighted by atomic mass is 9.96. The summed E-state index contributed by atoms with van der Waals surface area (Å²) in [6, 6.07) is 9.56. The van der Waals surface area contributed by atoms with E-state index in [1.54, 1.807) is 31.7 Å². The number of benzene rings is 1. The first kappa shape index (κ1) is 20.3. The number of pyridine rings is 1. The van der Waals surface area contributed by atoms with Gasteiger partial charge in [0.25, 0.3) is 5.91 Å². The fourth-order valence-electron chi connectivity index (χ4n) is 3.43. The zero-order chi connectivity index (χ0) is 21.8. The van der Waals surface area contributed by atoms with Gasteiger partial charge in [-0.15, -0.1) is 0 Å². The second kappa shape index (κ2) is 8.83. The molecule has 4 rings (SSSR count). The molecule has 1 aromatic carbocycles. The van der Waals surface area contributed by atoms with E-state index < -0.39 is 0 Å². The van der Waals surface area contributed by atoms with E-state index in [1.165, 1.54) is 6.33 Å². The molecule has 0 saturated heterocycles. The molecule has 3 heterocycles. The van der Waals surface area contributed by atoms with Crippen molar-refractivity contribution in [3.63, 3.8) is 0 Å². The molecule has 0 bridgehead atoms. The number of fused-ring (bicyclic) bond motifs is 1. The van der Waals surface area contributed by atoms with Crippen molar-refractivity contribution in [3.05, 3.63) is 72.2 Å². The number of aryl methyl sites for hydroxylation is 1. The SMILES string of the molecule is CNC(=O)c1ccnc2c([C@@H](C)CNc3cc(-c4cnc(C)nc4)ncn3)cccc12. The Morgan fingerprint density at radius 3 is 2.65 bits per heavy atom. The highest BCUT2D eigenvalue weighted by Crippen LogP contribution is 2.27. The molecular weight excluding hydrogens is 390 g/mol. The minimum absolute atomic E-state index is 0.121. The Balaban J connectivity index is 1.55. The molecule has 0 saturated carbocycles. The monoisotopic (exact) mass is 413 g/mol. The number of nitrogens with one attached hydrogen (secondary N) is 2. The van der Waals surface area contributed by atoms with Gasteiger partial charge in [-0.2, -0.15) is 0 Å². The summed E-state index contributed by atoms with van der Waals surface area (Å²) in [7, 11) is 1.63. The fourth-order valence-corrected chi connectivity index (χ4v) is 3.43. The van der Waals surface area contributed by atoms with E-state index >= 15 is 0 Å². The lowest BCUT2D eigenvalue weighted by molar-refractivity contribution is 0.0964. The van der Waals surface area contributed by atoms with Gasteiger partial charge in [0.05, 0.1) is 16.8 Å². The molecule has 0 radical (unpaired) electrons. The highest BCUT2D eigenvalue weighted by molar-refractivity contribution is 6.06. The standard InChI is InChI=1S/C23H23N7O/c1-14(17-5-4-6-18-19(23(31)24-3)7-8-25-22(17)18)10-28-21-9-20(29-13-30-21)16-11-26-15(2)27-12-16/h4-9,11-14H,10H2,1-3H3,(H,24,31)(H,28,29,30)/t14-/m0/s1. The molecule has 1 amide bonds. The number of para-hydroxylation sites is 1. The van der Waals surface area contributed by atoms with Crippen molar-refractivity contribution in [3.8, 4) is 11.3 Å². The minimum atomic E-state index is -0.121. The van der Waals surface area contributed by atoms with Crippen LogP contribution >= 0.6 is 0 Å². The lowest BCUT2D eigenvalue weighted by Crippen LogP contribution is -2.18. The Morgan fingerprint density at radius 2 is 1.87 bits per heavy atom. The summed E-state index contributed by atoms with van der Waals surface area (Å²) in [6.45, 7) is 4.61. The Kier molecular flexibility index (Phi) is 5.79. The number of rotatable bonds is 6. The number of hydrogen-bond donors (Lipinski definition) is 2. The maximum absolute atomic E-state index is 12.2. The van der Waals surface area contributed by atoms with Gasteiger partial charge in [0.15, 0.2) is 0 Å². The van der Waals surface area contributed by atoms with E-state index in [4.69, 9.17) is 0 Å². The zero-order valence-corrected chi connectivity index (χ0v) is 17.6. The summed E-state index contributed by atoms with van der Waals surface area (Å²) >= 11 is 0. The van der Waals surface area contributed by atoms with Crippen LogP contribution in [0.5, 0.6) is 0 Å². The van der Waals surface area contributed by atoms with Crippen molar-refractivity contribution < 1.29 is 4.79 Å². The van der Waals surface area contributed by atoms with Gasteiger partial charge in [-0.25, -0.2) is 19.9 Å². The Hall–Kier alpha value is -3.94. The van der Waals surface area contributed by atoms with E-state index in [1.807, 2.05) is 31.2 Å². The normalized spacial score (nSPS) is 11.8. The molecule has 8 nitrogen and oxygen atoms in total. The highest BCUT2D eigenvalue weighted by Gasteiger charge is 2.15. The lowest BCUT2D eigenvalue weighted by Gasteiger charge is -2.16. The van der Waals surface area contributed by atoms with Crippen molar-refractivity contribution >= 4 is 22.6 Å². The predicted octanol–water partition coefficient (Wildman–Crippen LogP) is 3.37. The molecule has 1 atom stereocenters. The van der Waals surface area contributed by atoms with Crippen LogP contribution in [-0.4, -0.2) is 44.4 Å². The zero-order valence-electron chi connectivity index (χ0n) is 17.6. The molecule has 2 N–H and O–H groups in total. The first-order valence-corrected chi connectivity index (χ1v) is 10.0. The van der Waals surface area contributed by atoms with Crippen molar-refractivity contribution in [2.24, 2.45) is 0 Å². The van der Waals surface area contributed by atoms with Gasteiger partial charge < -0.3 is 10.6 Å². The summed E-state index contributed by atoms with van der Waals surface area (Å²) in [5.41, 5.74) is 4.11. The number of carbonyl (C=O) groups is 1. The molecule has 0 aliphatic rings. The Morgan fingerprint density at radius 1 is 1.06 bits per heavy atom. The van der Waals surface area contributed by atoms with Crippen molar-refractivity contribution in [1.29, 1.82) is 0 Å². The van der Waals surface area contributed by atoms with Crippen LogP contribution in [-0.2, 0) is 0 Å². The Labute approximate surface area is 180 Å². The van der Waals surface area contributed by atoms with Gasteiger partial charge in [0.1, 0.15) is 18.0 Å². The van der Waals surface area contributed by atoms with Crippen LogP contribution in [0.1, 0.15) is 34.6 Å². The summed E-state index contributed by atoms with van der Waals surface area (Å²) < 4.78 is 0. The van der Waals surface area contributed by atoms with Crippen molar-refractivity contribution in [2.75, 3.05) is 18.9 Å². The number of carbonyl (C=O) groups excluding carboxylic acids is 1. The third-order valence-electron chi connectivity index (χ3n) is 5.14. The number of hydrogen-bond acceptors (Lipinski definition) is 7. The summed E-state index contributed by atoms with van der Waals surface area (Å²) in [6.07, 6.45) is 6.71. The number of anilines is 1.